The van der Waals surface area contributed by atoms with Crippen molar-refractivity contribution in [3.05, 3.63) is 69.8 Å². The van der Waals surface area contributed by atoms with E-state index in [2.05, 4.69) is 21.0 Å². The third-order valence-electron chi connectivity index (χ3n) is 3.26. The Morgan fingerprint density at radius 3 is 2.21 bits per heavy atom. The third-order valence-corrected chi connectivity index (χ3v) is 4.03. The lowest BCUT2D eigenvalue weighted by atomic mass is 10.1. The van der Waals surface area contributed by atoms with E-state index in [-0.39, 0.29) is 27.1 Å². The van der Waals surface area contributed by atoms with Crippen molar-refractivity contribution in [3.8, 4) is 16.9 Å². The van der Waals surface area contributed by atoms with Crippen molar-refractivity contribution in [3.63, 3.8) is 0 Å². The summed E-state index contributed by atoms with van der Waals surface area (Å²) in [5, 5.41) is 4.09. The Hall–Kier alpha value is -2.48. The van der Waals surface area contributed by atoms with E-state index in [1.54, 1.807) is 0 Å². The van der Waals surface area contributed by atoms with E-state index in [0.717, 1.165) is 28.9 Å². The summed E-state index contributed by atoms with van der Waals surface area (Å²) in [4.78, 5) is 11.4. The minimum atomic E-state index is -1.10. The van der Waals surface area contributed by atoms with Gasteiger partial charge in [0.15, 0.2) is 17.9 Å². The fraction of sp³-hybridized carbons (Fsp3) is 0. The van der Waals surface area contributed by atoms with Gasteiger partial charge in [0.2, 0.25) is 0 Å². The lowest BCUT2D eigenvalue weighted by Crippen LogP contribution is -1.99. The van der Waals surface area contributed by atoms with Crippen LogP contribution in [0, 0.1) is 23.3 Å². The van der Waals surface area contributed by atoms with Gasteiger partial charge in [-0.05, 0) is 40.2 Å². The molecule has 0 atom stereocenters. The van der Waals surface area contributed by atoms with Crippen LogP contribution in [0.1, 0.15) is 10.4 Å². The fourth-order valence-corrected chi connectivity index (χ4v) is 2.77. The molecule has 0 amide bonds. The molecule has 0 spiro atoms. The average molecular weight is 399 g/mol. The van der Waals surface area contributed by atoms with Crippen molar-refractivity contribution >= 4 is 22.2 Å². The highest BCUT2D eigenvalue weighted by atomic mass is 79.9. The smallest absolute Gasteiger partial charge is 0.160 e. The lowest BCUT2D eigenvalue weighted by Gasteiger charge is -2.03. The number of nitrogens with zero attached hydrogens (tertiary/aromatic N) is 2. The Labute approximate surface area is 141 Å². The Morgan fingerprint density at radius 1 is 0.958 bits per heavy atom. The van der Waals surface area contributed by atoms with Crippen molar-refractivity contribution in [1.29, 1.82) is 0 Å². The van der Waals surface area contributed by atoms with Gasteiger partial charge in [-0.3, -0.25) is 4.79 Å². The van der Waals surface area contributed by atoms with Crippen LogP contribution in [-0.2, 0) is 0 Å². The molecular formula is C16H7BrF4N2O. The van der Waals surface area contributed by atoms with E-state index in [0.29, 0.717) is 12.4 Å². The molecule has 1 heterocycles. The van der Waals surface area contributed by atoms with Crippen LogP contribution in [0.25, 0.3) is 16.9 Å². The van der Waals surface area contributed by atoms with E-state index < -0.39 is 23.3 Å². The molecule has 0 radical (unpaired) electrons. The van der Waals surface area contributed by atoms with Gasteiger partial charge in [-0.2, -0.15) is 5.10 Å². The fourth-order valence-electron chi connectivity index (χ4n) is 2.21. The van der Waals surface area contributed by atoms with Crippen LogP contribution < -0.4 is 0 Å². The van der Waals surface area contributed by atoms with Gasteiger partial charge in [-0.1, -0.05) is 0 Å². The molecule has 0 aliphatic rings. The molecule has 2 aromatic carbocycles. The molecule has 1 aromatic heterocycles. The zero-order valence-electron chi connectivity index (χ0n) is 11.7. The van der Waals surface area contributed by atoms with Gasteiger partial charge in [-0.15, -0.1) is 0 Å². The average Bonchev–Trinajstić information content (AvgIpc) is 2.86. The molecule has 3 rings (SSSR count). The molecular weight excluding hydrogens is 392 g/mol. The molecule has 0 saturated heterocycles. The van der Waals surface area contributed by atoms with Gasteiger partial charge >= 0.3 is 0 Å². The van der Waals surface area contributed by atoms with Crippen LogP contribution in [0.4, 0.5) is 17.6 Å². The van der Waals surface area contributed by atoms with Gasteiger partial charge in [0.05, 0.1) is 11.3 Å². The van der Waals surface area contributed by atoms with Crippen LogP contribution >= 0.6 is 15.9 Å². The summed E-state index contributed by atoms with van der Waals surface area (Å²) in [6, 6.07) is 5.76. The number of halogens is 5. The molecule has 0 aliphatic heterocycles. The Morgan fingerprint density at radius 2 is 1.62 bits per heavy atom. The second-order valence-electron chi connectivity index (χ2n) is 4.84. The summed E-state index contributed by atoms with van der Waals surface area (Å²) in [6.45, 7) is 0. The maximum atomic E-state index is 13.4. The van der Waals surface area contributed by atoms with Crippen LogP contribution in [-0.4, -0.2) is 16.1 Å². The molecule has 24 heavy (non-hydrogen) atoms. The second-order valence-corrected chi connectivity index (χ2v) is 5.59. The molecule has 0 fully saturated rings. The first-order chi connectivity index (χ1) is 11.4. The van der Waals surface area contributed by atoms with Gasteiger partial charge < -0.3 is 0 Å². The van der Waals surface area contributed by atoms with Gasteiger partial charge in [0.25, 0.3) is 0 Å². The predicted octanol–water partition coefficient (Wildman–Crippen LogP) is 4.67. The highest BCUT2D eigenvalue weighted by Gasteiger charge is 2.20. The van der Waals surface area contributed by atoms with Gasteiger partial charge in [0.1, 0.15) is 21.9 Å². The zero-order valence-corrected chi connectivity index (χ0v) is 13.3. The summed E-state index contributed by atoms with van der Waals surface area (Å²) in [5.41, 5.74) is 0.188. The highest BCUT2D eigenvalue weighted by Crippen LogP contribution is 2.31. The second kappa shape index (κ2) is 6.20. The maximum Gasteiger partial charge on any atom is 0.160 e. The van der Waals surface area contributed by atoms with E-state index >= 15 is 0 Å². The Balaban J connectivity index is 2.22. The van der Waals surface area contributed by atoms with Crippen molar-refractivity contribution < 1.29 is 22.4 Å². The molecule has 8 heteroatoms. The molecule has 0 aliphatic carbocycles. The van der Waals surface area contributed by atoms with Crippen molar-refractivity contribution in [2.24, 2.45) is 0 Å². The number of aldehydes is 1. The summed E-state index contributed by atoms with van der Waals surface area (Å²) in [6.07, 6.45) is 0.450. The van der Waals surface area contributed by atoms with Crippen molar-refractivity contribution in [2.75, 3.05) is 0 Å². The molecule has 122 valence electrons. The number of hydrogen-bond acceptors (Lipinski definition) is 2. The van der Waals surface area contributed by atoms with Gasteiger partial charge in [-0.25, -0.2) is 22.2 Å². The first-order valence-electron chi connectivity index (χ1n) is 6.56. The number of aromatic nitrogens is 2. The highest BCUT2D eigenvalue weighted by molar-refractivity contribution is 9.10. The number of carbonyl (C=O) groups excluding carboxylic acids is 1. The largest absolute Gasteiger partial charge is 0.298 e. The normalized spacial score (nSPS) is 10.9. The topological polar surface area (TPSA) is 34.9 Å². The monoisotopic (exact) mass is 398 g/mol. The summed E-state index contributed by atoms with van der Waals surface area (Å²) in [7, 11) is 0. The van der Waals surface area contributed by atoms with Crippen LogP contribution in [0.15, 0.2) is 41.0 Å². The standard InChI is InChI=1S/C16H7BrF4N2O/c17-16-12(7-24)15(8-3-9(18)5-10(19)4-8)22-23(16)11-1-2-13(20)14(21)6-11/h1-7H. The van der Waals surface area contributed by atoms with Crippen LogP contribution in [0.5, 0.6) is 0 Å². The van der Waals surface area contributed by atoms with Crippen molar-refractivity contribution in [1.82, 2.24) is 9.78 Å². The van der Waals surface area contributed by atoms with E-state index in [4.69, 9.17) is 0 Å². The number of carbonyl (C=O) groups is 1. The van der Waals surface area contributed by atoms with Crippen LogP contribution in [0.2, 0.25) is 0 Å². The molecule has 0 bridgehead atoms. The molecule has 0 saturated carbocycles. The zero-order chi connectivity index (χ0) is 17.4. The summed E-state index contributed by atoms with van der Waals surface area (Å²) < 4.78 is 54.6. The van der Waals surface area contributed by atoms with Crippen molar-refractivity contribution in [2.45, 2.75) is 0 Å². The lowest BCUT2D eigenvalue weighted by molar-refractivity contribution is 0.112. The van der Waals surface area contributed by atoms with Crippen LogP contribution in [0.3, 0.4) is 0 Å². The third kappa shape index (κ3) is 2.84. The van der Waals surface area contributed by atoms with E-state index in [1.807, 2.05) is 0 Å². The number of rotatable bonds is 3. The van der Waals surface area contributed by atoms with E-state index in [1.165, 1.54) is 6.07 Å². The molecule has 3 aromatic rings. The summed E-state index contributed by atoms with van der Waals surface area (Å²) in [5.74, 6) is -3.80. The number of hydrogen-bond donors (Lipinski definition) is 0. The Bertz CT molecular complexity index is 935. The Kier molecular flexibility index (Phi) is 4.23. The maximum absolute atomic E-state index is 13.4. The number of benzene rings is 2. The first-order valence-corrected chi connectivity index (χ1v) is 7.35. The first kappa shape index (κ1) is 16.4. The molecule has 0 N–H and O–H groups in total. The van der Waals surface area contributed by atoms with Gasteiger partial charge in [0, 0.05) is 17.7 Å². The quantitative estimate of drug-likeness (QED) is 0.474. The predicted molar refractivity (Wildman–Crippen MR) is 81.9 cm³/mol. The minimum Gasteiger partial charge on any atom is -0.298 e. The molecule has 3 nitrogen and oxygen atoms in total. The summed E-state index contributed by atoms with van der Waals surface area (Å²) >= 11 is 3.14. The van der Waals surface area contributed by atoms with E-state index in [9.17, 15) is 22.4 Å². The molecule has 0 unspecified atom stereocenters. The minimum absolute atomic E-state index is 0.00000756. The SMILES string of the molecule is O=Cc1c(-c2cc(F)cc(F)c2)nn(-c2ccc(F)c(F)c2)c1Br.